The number of hydrogen-bond acceptors (Lipinski definition) is 0. The maximum absolute atomic E-state index is 4.93. The Morgan fingerprint density at radius 1 is 0.893 bits per heavy atom. The summed E-state index contributed by atoms with van der Waals surface area (Å²) in [6, 6.07) is 15.0. The number of rotatable bonds is 1. The second-order valence-corrected chi connectivity index (χ2v) is 10.8. The van der Waals surface area contributed by atoms with Gasteiger partial charge in [0.1, 0.15) is 0 Å². The zero-order valence-corrected chi connectivity index (χ0v) is 21.4. The van der Waals surface area contributed by atoms with Gasteiger partial charge in [-0.25, -0.2) is 0 Å². The van der Waals surface area contributed by atoms with Gasteiger partial charge in [0.15, 0.2) is 0 Å². The molecule has 146 valence electrons. The molecule has 4 rings (SSSR count). The number of nitrogens with zero attached hydrogens (tertiary/aromatic N) is 1. The summed E-state index contributed by atoms with van der Waals surface area (Å²) in [5, 5.41) is 2.64. The summed E-state index contributed by atoms with van der Waals surface area (Å²) in [6.07, 6.45) is 4.16. The van der Waals surface area contributed by atoms with Crippen LogP contribution in [0.1, 0.15) is 33.4 Å². The van der Waals surface area contributed by atoms with E-state index in [9.17, 15) is 0 Å². The van der Waals surface area contributed by atoms with Crippen LogP contribution in [0.2, 0.25) is 0 Å². The summed E-state index contributed by atoms with van der Waals surface area (Å²) >= 11 is -0.826. The van der Waals surface area contributed by atoms with Crippen molar-refractivity contribution in [2.24, 2.45) is 0 Å². The third-order valence-corrected chi connectivity index (χ3v) is 5.57. The molecule has 0 unspecified atom stereocenters. The molecule has 0 atom stereocenters. The van der Waals surface area contributed by atoms with Crippen LogP contribution < -0.4 is 0 Å². The van der Waals surface area contributed by atoms with Gasteiger partial charge in [-0.15, -0.1) is 34.5 Å². The Morgan fingerprint density at radius 3 is 1.89 bits per heavy atom. The second kappa shape index (κ2) is 10.6. The Balaban J connectivity index is 0.000000188. The van der Waals surface area contributed by atoms with E-state index < -0.39 is 20.8 Å². The maximum atomic E-state index is 4.93. The van der Waals surface area contributed by atoms with Gasteiger partial charge in [-0.2, -0.15) is 33.9 Å². The van der Waals surface area contributed by atoms with Crippen molar-refractivity contribution in [3.63, 3.8) is 0 Å². The van der Waals surface area contributed by atoms with Crippen molar-refractivity contribution in [3.05, 3.63) is 88.2 Å². The first kappa shape index (κ1) is 23.2. The number of aromatic nitrogens is 1. The molecular formula is C24H27Cl2NZr. The Labute approximate surface area is 187 Å². The standard InChI is InChI=1S/C14H12N.C10H15.2ClH.Zr/c1-11-9-12-5-4-6-14(13(12)10-11)15-7-2-3-8-15;1-6-7(2)9(4)10(5)8(6)3;;;/h2-10H,1H3;1-5H3;2*1H;/q2*-1;;;+4/p-2. The Bertz CT molecular complexity index is 943. The zero-order chi connectivity index (χ0) is 20.8. The molecule has 0 spiro atoms. The molecule has 0 saturated heterocycles. The van der Waals surface area contributed by atoms with Gasteiger partial charge in [0.2, 0.25) is 0 Å². The van der Waals surface area contributed by atoms with E-state index in [2.05, 4.69) is 101 Å². The molecule has 28 heavy (non-hydrogen) atoms. The quantitative estimate of drug-likeness (QED) is 0.238. The van der Waals surface area contributed by atoms with E-state index >= 15 is 0 Å². The van der Waals surface area contributed by atoms with E-state index in [1.807, 2.05) is 0 Å². The van der Waals surface area contributed by atoms with Crippen LogP contribution in [0.25, 0.3) is 16.5 Å². The van der Waals surface area contributed by atoms with E-state index in [4.69, 9.17) is 17.0 Å². The predicted octanol–water partition coefficient (Wildman–Crippen LogP) is 7.98. The molecule has 0 amide bonds. The van der Waals surface area contributed by atoms with Crippen LogP contribution in [-0.2, 0) is 20.8 Å². The first-order chi connectivity index (χ1) is 13.3. The summed E-state index contributed by atoms with van der Waals surface area (Å²) in [4.78, 5) is 0. The molecule has 0 aliphatic rings. The summed E-state index contributed by atoms with van der Waals surface area (Å²) < 4.78 is 2.15. The van der Waals surface area contributed by atoms with Crippen molar-refractivity contribution >= 4 is 27.8 Å². The average molecular weight is 492 g/mol. The molecule has 1 nitrogen and oxygen atoms in total. The van der Waals surface area contributed by atoms with Gasteiger partial charge >= 0.3 is 37.9 Å². The van der Waals surface area contributed by atoms with Crippen LogP contribution in [0.4, 0.5) is 0 Å². The van der Waals surface area contributed by atoms with Crippen LogP contribution in [0.3, 0.4) is 0 Å². The van der Waals surface area contributed by atoms with Crippen LogP contribution in [0.5, 0.6) is 0 Å². The fourth-order valence-electron chi connectivity index (χ4n) is 3.49. The molecule has 1 aromatic heterocycles. The summed E-state index contributed by atoms with van der Waals surface area (Å²) in [5.74, 6) is 0. The number of fused-ring (bicyclic) bond motifs is 1. The van der Waals surface area contributed by atoms with Gasteiger partial charge in [-0.3, -0.25) is 0 Å². The van der Waals surface area contributed by atoms with Gasteiger partial charge < -0.3 is 4.57 Å². The van der Waals surface area contributed by atoms with Crippen molar-refractivity contribution in [1.82, 2.24) is 4.57 Å². The summed E-state index contributed by atoms with van der Waals surface area (Å²) in [7, 11) is 9.87. The van der Waals surface area contributed by atoms with E-state index in [-0.39, 0.29) is 0 Å². The second-order valence-electron chi connectivity index (χ2n) is 7.10. The number of benzene rings is 1. The third kappa shape index (κ3) is 5.29. The predicted molar refractivity (Wildman–Crippen MR) is 121 cm³/mol. The van der Waals surface area contributed by atoms with Crippen LogP contribution in [0.15, 0.2) is 54.9 Å². The molecule has 0 N–H and O–H groups in total. The van der Waals surface area contributed by atoms with Gasteiger partial charge in [0, 0.05) is 18.1 Å². The minimum absolute atomic E-state index is 0.826. The summed E-state index contributed by atoms with van der Waals surface area (Å²) in [6.45, 7) is 13.1. The molecule has 4 heteroatoms. The summed E-state index contributed by atoms with van der Waals surface area (Å²) in [5.41, 5.74) is 9.92. The van der Waals surface area contributed by atoms with Crippen LogP contribution in [0, 0.1) is 41.5 Å². The molecule has 4 aromatic rings. The molecule has 0 aliphatic heterocycles. The SMILES string of the molecule is Cc1c(C)c(C)[c-](C)c1C.Cc1cc2c(-n3cccc3)cccc2[cH-]1.[Cl][Zr+2][Cl]. The van der Waals surface area contributed by atoms with E-state index in [0.29, 0.717) is 0 Å². The molecule has 0 radical (unpaired) electrons. The average Bonchev–Trinajstić information content (AvgIpc) is 3.37. The van der Waals surface area contributed by atoms with Gasteiger partial charge in [-0.05, 0) is 12.1 Å². The molecule has 1 heterocycles. The van der Waals surface area contributed by atoms with E-state index in [0.717, 1.165) is 0 Å². The fourth-order valence-corrected chi connectivity index (χ4v) is 3.49. The van der Waals surface area contributed by atoms with E-state index in [1.54, 1.807) is 0 Å². The van der Waals surface area contributed by atoms with Gasteiger partial charge in [0.05, 0.1) is 0 Å². The monoisotopic (exact) mass is 489 g/mol. The minimum atomic E-state index is -0.826. The first-order valence-corrected chi connectivity index (χ1v) is 15.6. The topological polar surface area (TPSA) is 4.93 Å². The molecule has 0 saturated carbocycles. The van der Waals surface area contributed by atoms with Crippen LogP contribution >= 0.6 is 17.0 Å². The molecule has 0 aliphatic carbocycles. The Kier molecular flexibility index (Phi) is 8.81. The van der Waals surface area contributed by atoms with Crippen LogP contribution in [-0.4, -0.2) is 4.57 Å². The third-order valence-electron chi connectivity index (χ3n) is 5.57. The van der Waals surface area contributed by atoms with Gasteiger partial charge in [0.25, 0.3) is 0 Å². The van der Waals surface area contributed by atoms with E-state index in [1.165, 1.54) is 49.8 Å². The molecular weight excluding hydrogens is 464 g/mol. The Morgan fingerprint density at radius 2 is 1.43 bits per heavy atom. The fraction of sp³-hybridized carbons (Fsp3) is 0.250. The molecule has 0 fully saturated rings. The van der Waals surface area contributed by atoms with Crippen molar-refractivity contribution in [3.8, 4) is 5.69 Å². The normalized spacial score (nSPS) is 10.0. The number of hydrogen-bond donors (Lipinski definition) is 0. The first-order valence-electron chi connectivity index (χ1n) is 9.27. The molecule has 0 bridgehead atoms. The van der Waals surface area contributed by atoms with Crippen molar-refractivity contribution in [2.45, 2.75) is 41.5 Å². The van der Waals surface area contributed by atoms with Crippen molar-refractivity contribution in [2.75, 3.05) is 0 Å². The number of halogens is 2. The van der Waals surface area contributed by atoms with Gasteiger partial charge in [-0.1, -0.05) is 47.6 Å². The number of aryl methyl sites for hydroxylation is 1. The van der Waals surface area contributed by atoms with Crippen molar-refractivity contribution in [1.29, 1.82) is 0 Å². The van der Waals surface area contributed by atoms with Crippen molar-refractivity contribution < 1.29 is 20.8 Å². The molecule has 3 aromatic carbocycles. The Hall–Kier alpha value is -1.08. The zero-order valence-electron chi connectivity index (χ0n) is 17.4.